The summed E-state index contributed by atoms with van der Waals surface area (Å²) in [6, 6.07) is 0. The molecule has 0 rings (SSSR count). The molecule has 1 atom stereocenters. The second-order valence-corrected chi connectivity index (χ2v) is 5.61. The van der Waals surface area contributed by atoms with Crippen molar-refractivity contribution >= 4 is 5.97 Å². The van der Waals surface area contributed by atoms with Gasteiger partial charge in [0.1, 0.15) is 0 Å². The van der Waals surface area contributed by atoms with Crippen LogP contribution in [-0.2, 0) is 4.79 Å². The Balaban J connectivity index is 3.59. The number of hydrogen-bond donors (Lipinski definition) is 2. The van der Waals surface area contributed by atoms with Crippen molar-refractivity contribution in [2.24, 2.45) is 0 Å². The molecule has 0 unspecified atom stereocenters. The summed E-state index contributed by atoms with van der Waals surface area (Å²) in [5.41, 5.74) is 0. The fraction of sp³-hybridized carbons (Fsp3) is 0.550. The first-order chi connectivity index (χ1) is 11.2. The molecule has 0 aromatic heterocycles. The predicted octanol–water partition coefficient (Wildman–Crippen LogP) is 5.19. The molecule has 0 heterocycles. The number of unbranched alkanes of at least 4 members (excludes halogenated alkanes) is 4. The van der Waals surface area contributed by atoms with Gasteiger partial charge in [-0.2, -0.15) is 0 Å². The molecule has 130 valence electrons. The van der Waals surface area contributed by atoms with Gasteiger partial charge in [0, 0.05) is 6.42 Å². The van der Waals surface area contributed by atoms with Crippen molar-refractivity contribution < 1.29 is 15.0 Å². The summed E-state index contributed by atoms with van der Waals surface area (Å²) in [5.74, 6) is -0.719. The highest BCUT2D eigenvalue weighted by atomic mass is 16.4. The molecule has 2 N–H and O–H groups in total. The first-order valence-electron chi connectivity index (χ1n) is 8.71. The van der Waals surface area contributed by atoms with Crippen LogP contribution in [0.15, 0.2) is 48.6 Å². The van der Waals surface area contributed by atoms with Crippen LogP contribution in [0.2, 0.25) is 0 Å². The Morgan fingerprint density at radius 3 is 2.35 bits per heavy atom. The quantitative estimate of drug-likeness (QED) is 0.342. The number of aliphatic hydroxyl groups excluding tert-OH is 1. The minimum absolute atomic E-state index is 0.259. The maximum absolute atomic E-state index is 10.3. The van der Waals surface area contributed by atoms with Crippen molar-refractivity contribution in [1.29, 1.82) is 0 Å². The zero-order valence-electron chi connectivity index (χ0n) is 14.4. The van der Waals surface area contributed by atoms with E-state index in [-0.39, 0.29) is 12.5 Å². The Labute approximate surface area is 141 Å². The highest BCUT2D eigenvalue weighted by Crippen LogP contribution is 2.04. The highest BCUT2D eigenvalue weighted by molar-refractivity contribution is 5.66. The number of hydrogen-bond acceptors (Lipinski definition) is 2. The fourth-order valence-corrected chi connectivity index (χ4v) is 2.00. The third kappa shape index (κ3) is 18.3. The number of rotatable bonds is 14. The minimum Gasteiger partial charge on any atom is -0.481 e. The molecular weight excluding hydrogens is 288 g/mol. The molecule has 0 amide bonds. The Bertz CT molecular complexity index is 392. The van der Waals surface area contributed by atoms with Crippen molar-refractivity contribution in [3.63, 3.8) is 0 Å². The van der Waals surface area contributed by atoms with Gasteiger partial charge >= 0.3 is 5.97 Å². The van der Waals surface area contributed by atoms with Crippen LogP contribution in [0.5, 0.6) is 0 Å². The van der Waals surface area contributed by atoms with Crippen LogP contribution in [0.25, 0.3) is 0 Å². The van der Waals surface area contributed by atoms with Crippen LogP contribution in [0, 0.1) is 0 Å². The molecule has 0 aliphatic heterocycles. The smallest absolute Gasteiger partial charge is 0.303 e. The van der Waals surface area contributed by atoms with E-state index >= 15 is 0 Å². The molecule has 3 nitrogen and oxygen atoms in total. The number of aliphatic hydroxyl groups is 1. The van der Waals surface area contributed by atoms with Gasteiger partial charge in [-0.15, -0.1) is 0 Å². The lowest BCUT2D eigenvalue weighted by Gasteiger charge is -2.02. The molecule has 3 heteroatoms. The van der Waals surface area contributed by atoms with Crippen LogP contribution in [0.3, 0.4) is 0 Å². The lowest BCUT2D eigenvalue weighted by Crippen LogP contribution is -2.00. The van der Waals surface area contributed by atoms with E-state index in [0.717, 1.165) is 38.5 Å². The lowest BCUT2D eigenvalue weighted by atomic mass is 10.1. The summed E-state index contributed by atoms with van der Waals surface area (Å²) in [6.07, 6.45) is 23.5. The summed E-state index contributed by atoms with van der Waals surface area (Å²) in [5, 5.41) is 18.2. The maximum atomic E-state index is 10.3. The highest BCUT2D eigenvalue weighted by Gasteiger charge is 1.96. The lowest BCUT2D eigenvalue weighted by molar-refractivity contribution is -0.137. The summed E-state index contributed by atoms with van der Waals surface area (Å²) >= 11 is 0. The molecule has 0 fully saturated rings. The number of aliphatic carboxylic acids is 1. The van der Waals surface area contributed by atoms with Crippen LogP contribution in [-0.4, -0.2) is 22.3 Å². The van der Waals surface area contributed by atoms with Gasteiger partial charge in [0.05, 0.1) is 6.10 Å². The van der Waals surface area contributed by atoms with Gasteiger partial charge in [-0.05, 0) is 32.1 Å². The van der Waals surface area contributed by atoms with Gasteiger partial charge in [0.2, 0.25) is 0 Å². The van der Waals surface area contributed by atoms with E-state index in [1.807, 2.05) is 36.5 Å². The van der Waals surface area contributed by atoms with E-state index in [1.165, 1.54) is 12.8 Å². The number of allylic oxidation sites excluding steroid dienone is 7. The summed E-state index contributed by atoms with van der Waals surface area (Å²) < 4.78 is 0. The van der Waals surface area contributed by atoms with Gasteiger partial charge in [-0.3, -0.25) is 4.79 Å². The SMILES string of the molecule is CCCCC[C@H](O)C=CC=CCC=CC=CCCCCC(=O)O. The van der Waals surface area contributed by atoms with Gasteiger partial charge in [-0.25, -0.2) is 0 Å². The van der Waals surface area contributed by atoms with E-state index < -0.39 is 5.97 Å². The second kappa shape index (κ2) is 16.8. The Morgan fingerprint density at radius 1 is 0.957 bits per heavy atom. The second-order valence-electron chi connectivity index (χ2n) is 5.61. The molecule has 0 bridgehead atoms. The molecule has 23 heavy (non-hydrogen) atoms. The Kier molecular flexibility index (Phi) is 15.6. The standard InChI is InChI=1S/C20H32O3/c1-2-3-13-16-19(21)17-14-11-9-7-5-4-6-8-10-12-15-18-20(22)23/h4-6,8-9,11,14,17,19,21H,2-3,7,10,12-13,15-16,18H2,1H3,(H,22,23)/t19-/m0/s1. The van der Waals surface area contributed by atoms with Gasteiger partial charge in [0.25, 0.3) is 0 Å². The van der Waals surface area contributed by atoms with Crippen LogP contribution in [0.4, 0.5) is 0 Å². The first-order valence-corrected chi connectivity index (χ1v) is 8.71. The topological polar surface area (TPSA) is 57.5 Å². The predicted molar refractivity (Wildman–Crippen MR) is 97.4 cm³/mol. The van der Waals surface area contributed by atoms with Crippen LogP contribution >= 0.6 is 0 Å². The molecule has 0 spiro atoms. The molecule has 0 aromatic rings. The van der Waals surface area contributed by atoms with Crippen molar-refractivity contribution in [2.75, 3.05) is 0 Å². The van der Waals surface area contributed by atoms with E-state index in [1.54, 1.807) is 0 Å². The number of carboxylic acid groups (broad SMARTS) is 1. The largest absolute Gasteiger partial charge is 0.481 e. The zero-order valence-corrected chi connectivity index (χ0v) is 14.4. The fourth-order valence-electron chi connectivity index (χ4n) is 2.00. The molecule has 0 aliphatic carbocycles. The Hall–Kier alpha value is -1.61. The normalized spacial score (nSPS) is 13.8. The van der Waals surface area contributed by atoms with Crippen molar-refractivity contribution in [3.05, 3.63) is 48.6 Å². The summed E-state index contributed by atoms with van der Waals surface area (Å²) in [4.78, 5) is 10.3. The summed E-state index contributed by atoms with van der Waals surface area (Å²) in [7, 11) is 0. The molecule has 0 aliphatic rings. The average molecular weight is 320 g/mol. The van der Waals surface area contributed by atoms with Crippen molar-refractivity contribution in [3.8, 4) is 0 Å². The minimum atomic E-state index is -0.719. The first kappa shape index (κ1) is 21.4. The van der Waals surface area contributed by atoms with Crippen molar-refractivity contribution in [2.45, 2.75) is 70.8 Å². The molecule has 0 saturated heterocycles. The maximum Gasteiger partial charge on any atom is 0.303 e. The van der Waals surface area contributed by atoms with E-state index in [9.17, 15) is 9.90 Å². The average Bonchev–Trinajstić information content (AvgIpc) is 2.51. The molecular formula is C20H32O3. The van der Waals surface area contributed by atoms with Crippen LogP contribution < -0.4 is 0 Å². The molecule has 0 radical (unpaired) electrons. The number of carbonyl (C=O) groups is 1. The third-order valence-electron chi connectivity index (χ3n) is 3.35. The van der Waals surface area contributed by atoms with Gasteiger partial charge < -0.3 is 10.2 Å². The molecule has 0 saturated carbocycles. The van der Waals surface area contributed by atoms with Gasteiger partial charge in [0.15, 0.2) is 0 Å². The monoisotopic (exact) mass is 320 g/mol. The van der Waals surface area contributed by atoms with Gasteiger partial charge in [-0.1, -0.05) is 74.8 Å². The number of carboxylic acids is 1. The summed E-state index contributed by atoms with van der Waals surface area (Å²) in [6.45, 7) is 2.16. The molecule has 0 aromatic carbocycles. The Morgan fingerprint density at radius 2 is 1.65 bits per heavy atom. The van der Waals surface area contributed by atoms with Crippen LogP contribution in [0.1, 0.15) is 64.7 Å². The third-order valence-corrected chi connectivity index (χ3v) is 3.35. The van der Waals surface area contributed by atoms with Crippen molar-refractivity contribution in [1.82, 2.24) is 0 Å². The van der Waals surface area contributed by atoms with E-state index in [2.05, 4.69) is 19.1 Å². The van der Waals surface area contributed by atoms with E-state index in [4.69, 9.17) is 5.11 Å². The zero-order chi connectivity index (χ0) is 17.2. The van der Waals surface area contributed by atoms with E-state index in [0.29, 0.717) is 0 Å².